The molecular formula is C49H45N3O. The van der Waals surface area contributed by atoms with Crippen LogP contribution in [0, 0.1) is 0 Å². The molecule has 7 aromatic carbocycles. The molecule has 53 heavy (non-hydrogen) atoms. The first-order valence-electron chi connectivity index (χ1n) is 18.7. The topological polar surface area (TPSA) is 49.6 Å². The average molecular weight is 692 g/mol. The van der Waals surface area contributed by atoms with Gasteiger partial charge in [-0.1, -0.05) is 185 Å². The van der Waals surface area contributed by atoms with E-state index in [0.29, 0.717) is 0 Å². The number of aliphatic imine (C=N–C) groups is 1. The molecule has 0 aliphatic carbocycles. The molecule has 0 fully saturated rings. The van der Waals surface area contributed by atoms with Gasteiger partial charge in [0.1, 0.15) is 29.3 Å². The van der Waals surface area contributed by atoms with Crippen LogP contribution in [0.5, 0.6) is 0 Å². The summed E-state index contributed by atoms with van der Waals surface area (Å²) in [7, 11) is 0. The summed E-state index contributed by atoms with van der Waals surface area (Å²) in [5.41, 5.74) is 9.52. The van der Waals surface area contributed by atoms with Crippen molar-refractivity contribution in [3.8, 4) is 0 Å². The first kappa shape index (κ1) is 35.2. The third-order valence-electron chi connectivity index (χ3n) is 9.37. The highest BCUT2D eigenvalue weighted by Gasteiger charge is 2.30. The molecule has 2 heterocycles. The summed E-state index contributed by atoms with van der Waals surface area (Å²) >= 11 is 0. The minimum atomic E-state index is -0.350. The number of amidine groups is 1. The van der Waals surface area contributed by atoms with Crippen molar-refractivity contribution in [2.24, 2.45) is 4.99 Å². The molecule has 2 N–H and O–H groups in total. The molecule has 1 aromatic heterocycles. The van der Waals surface area contributed by atoms with E-state index in [0.717, 1.165) is 66.7 Å². The van der Waals surface area contributed by atoms with Crippen molar-refractivity contribution in [3.63, 3.8) is 0 Å². The SMILES string of the molecule is CC.CC.c1ccc(C(=C(c2ccccc2)C2NC(c3ccc4ccccc4c3)=NC(c3ccc4c(c3)oc3ccccc34)N2)c2ccccc2)cc1. The van der Waals surface area contributed by atoms with Gasteiger partial charge in [-0.25, -0.2) is 4.99 Å². The Kier molecular flexibility index (Phi) is 10.9. The van der Waals surface area contributed by atoms with E-state index in [9.17, 15) is 0 Å². The molecule has 2 atom stereocenters. The molecule has 4 nitrogen and oxygen atoms in total. The summed E-state index contributed by atoms with van der Waals surface area (Å²) in [5, 5.41) is 12.4. The largest absolute Gasteiger partial charge is 0.456 e. The van der Waals surface area contributed by atoms with Crippen molar-refractivity contribution in [1.82, 2.24) is 10.6 Å². The van der Waals surface area contributed by atoms with Crippen LogP contribution in [-0.4, -0.2) is 12.0 Å². The average Bonchev–Trinajstić information content (AvgIpc) is 3.63. The van der Waals surface area contributed by atoms with E-state index in [1.54, 1.807) is 0 Å². The lowest BCUT2D eigenvalue weighted by molar-refractivity contribution is 0.460. The molecule has 0 spiro atoms. The number of rotatable bonds is 6. The number of para-hydroxylation sites is 1. The second-order valence-electron chi connectivity index (χ2n) is 12.4. The molecule has 9 rings (SSSR count). The normalized spacial score (nSPS) is 15.0. The minimum absolute atomic E-state index is 0.298. The van der Waals surface area contributed by atoms with Gasteiger partial charge in [-0.2, -0.15) is 0 Å². The molecule has 4 heteroatoms. The zero-order chi connectivity index (χ0) is 36.6. The van der Waals surface area contributed by atoms with Gasteiger partial charge in [-0.3, -0.25) is 5.32 Å². The van der Waals surface area contributed by atoms with Crippen molar-refractivity contribution in [2.75, 3.05) is 0 Å². The molecule has 1 aliphatic rings. The Morgan fingerprint density at radius 1 is 0.509 bits per heavy atom. The quantitative estimate of drug-likeness (QED) is 0.171. The van der Waals surface area contributed by atoms with Crippen LogP contribution in [0.25, 0.3) is 43.9 Å². The smallest absolute Gasteiger partial charge is 0.135 e. The Morgan fingerprint density at radius 3 is 1.75 bits per heavy atom. The number of nitrogens with zero attached hydrogens (tertiary/aromatic N) is 1. The lowest BCUT2D eigenvalue weighted by Crippen LogP contribution is -2.52. The van der Waals surface area contributed by atoms with Gasteiger partial charge in [-0.05, 0) is 56.8 Å². The molecule has 1 aliphatic heterocycles. The van der Waals surface area contributed by atoms with Gasteiger partial charge in [-0.15, -0.1) is 0 Å². The van der Waals surface area contributed by atoms with E-state index in [2.05, 4.69) is 174 Å². The van der Waals surface area contributed by atoms with Crippen molar-refractivity contribution < 1.29 is 4.42 Å². The predicted molar refractivity (Wildman–Crippen MR) is 225 cm³/mol. The van der Waals surface area contributed by atoms with Crippen molar-refractivity contribution in [2.45, 2.75) is 40.0 Å². The molecule has 2 unspecified atom stereocenters. The molecule has 0 saturated heterocycles. The highest BCUT2D eigenvalue weighted by atomic mass is 16.3. The van der Waals surface area contributed by atoms with Crippen molar-refractivity contribution >= 4 is 49.7 Å². The van der Waals surface area contributed by atoms with Gasteiger partial charge in [0.15, 0.2) is 0 Å². The summed E-state index contributed by atoms with van der Waals surface area (Å²) in [6, 6.07) is 61.7. The van der Waals surface area contributed by atoms with Crippen LogP contribution < -0.4 is 10.6 Å². The highest BCUT2D eigenvalue weighted by Crippen LogP contribution is 2.37. The van der Waals surface area contributed by atoms with Crippen LogP contribution >= 0.6 is 0 Å². The predicted octanol–water partition coefficient (Wildman–Crippen LogP) is 12.4. The zero-order valence-electron chi connectivity index (χ0n) is 30.8. The molecule has 0 radical (unpaired) electrons. The maximum absolute atomic E-state index is 6.34. The first-order chi connectivity index (χ1) is 26.3. The highest BCUT2D eigenvalue weighted by molar-refractivity contribution is 6.07. The number of benzene rings is 7. The third kappa shape index (κ3) is 7.28. The Morgan fingerprint density at radius 2 is 1.08 bits per heavy atom. The van der Waals surface area contributed by atoms with Crippen molar-refractivity contribution in [3.05, 3.63) is 204 Å². The van der Waals surface area contributed by atoms with Crippen LogP contribution in [0.2, 0.25) is 0 Å². The van der Waals surface area contributed by atoms with Crippen LogP contribution in [0.4, 0.5) is 0 Å². The maximum atomic E-state index is 6.34. The van der Waals surface area contributed by atoms with E-state index >= 15 is 0 Å². The number of hydrogen-bond acceptors (Lipinski definition) is 4. The van der Waals surface area contributed by atoms with Gasteiger partial charge < -0.3 is 9.73 Å². The van der Waals surface area contributed by atoms with Crippen LogP contribution in [0.15, 0.2) is 185 Å². The summed E-state index contributed by atoms with van der Waals surface area (Å²) in [6.45, 7) is 8.00. The molecule has 262 valence electrons. The number of nitrogens with one attached hydrogen (secondary N) is 2. The van der Waals surface area contributed by atoms with E-state index in [4.69, 9.17) is 9.41 Å². The number of hydrogen-bond donors (Lipinski definition) is 2. The molecule has 0 saturated carbocycles. The monoisotopic (exact) mass is 691 g/mol. The Hall–Kier alpha value is -6.23. The summed E-state index contributed by atoms with van der Waals surface area (Å²) in [5.74, 6) is 0.832. The molecule has 0 amide bonds. The molecule has 8 aromatic rings. The summed E-state index contributed by atoms with van der Waals surface area (Å²) in [6.07, 6.45) is -0.648. The minimum Gasteiger partial charge on any atom is -0.456 e. The van der Waals surface area contributed by atoms with E-state index < -0.39 is 0 Å². The van der Waals surface area contributed by atoms with Gasteiger partial charge >= 0.3 is 0 Å². The number of fused-ring (bicyclic) bond motifs is 4. The van der Waals surface area contributed by atoms with Crippen molar-refractivity contribution in [1.29, 1.82) is 0 Å². The Bertz CT molecular complexity index is 2460. The van der Waals surface area contributed by atoms with Crippen LogP contribution in [-0.2, 0) is 0 Å². The van der Waals surface area contributed by atoms with E-state index in [1.165, 1.54) is 10.8 Å². The van der Waals surface area contributed by atoms with E-state index in [1.807, 2.05) is 39.8 Å². The second-order valence-corrected chi connectivity index (χ2v) is 12.4. The van der Waals surface area contributed by atoms with Gasteiger partial charge in [0, 0.05) is 21.9 Å². The fourth-order valence-corrected chi connectivity index (χ4v) is 7.03. The lowest BCUT2D eigenvalue weighted by Gasteiger charge is -2.35. The molecule has 0 bridgehead atoms. The standard InChI is InChI=1S/C45H33N3O.2C2H6/c1-4-15-31(16-5-1)41(32-17-6-2-7-18-32)42(33-19-8-3-9-20-33)45-47-43(35-25-24-30-14-10-11-21-34(30)28-35)46-44(48-45)36-26-27-38-37-22-12-13-23-39(37)49-40(38)29-36;2*1-2/h1-29,44-45,48H,(H,46,47);2*1-2H3. The Balaban J connectivity index is 0.00000105. The zero-order valence-corrected chi connectivity index (χ0v) is 30.8. The number of furan rings is 1. The second kappa shape index (κ2) is 16.4. The maximum Gasteiger partial charge on any atom is 0.135 e. The summed E-state index contributed by atoms with van der Waals surface area (Å²) < 4.78 is 6.34. The van der Waals surface area contributed by atoms with E-state index in [-0.39, 0.29) is 12.3 Å². The lowest BCUT2D eigenvalue weighted by atomic mass is 9.87. The Labute approximate surface area is 312 Å². The van der Waals surface area contributed by atoms with Crippen LogP contribution in [0.1, 0.15) is 61.7 Å². The van der Waals surface area contributed by atoms with Gasteiger partial charge in [0.2, 0.25) is 0 Å². The molecular weight excluding hydrogens is 647 g/mol. The van der Waals surface area contributed by atoms with Gasteiger partial charge in [0.05, 0.1) is 0 Å². The fraction of sp³-hybridized carbons (Fsp3) is 0.122. The van der Waals surface area contributed by atoms with Crippen LogP contribution in [0.3, 0.4) is 0 Å². The third-order valence-corrected chi connectivity index (χ3v) is 9.37. The fourth-order valence-electron chi connectivity index (χ4n) is 7.03. The first-order valence-corrected chi connectivity index (χ1v) is 18.7. The summed E-state index contributed by atoms with van der Waals surface area (Å²) in [4.78, 5) is 5.35. The van der Waals surface area contributed by atoms with Gasteiger partial charge in [0.25, 0.3) is 0 Å².